The molecule has 2 aromatic carbocycles. The van der Waals surface area contributed by atoms with Gasteiger partial charge in [-0.15, -0.1) is 0 Å². The van der Waals surface area contributed by atoms with Gasteiger partial charge in [-0.25, -0.2) is 0 Å². The minimum absolute atomic E-state index is 0.118. The molecule has 1 unspecified atom stereocenters. The predicted molar refractivity (Wildman–Crippen MR) is 78.3 cm³/mol. The van der Waals surface area contributed by atoms with Crippen LogP contribution in [-0.2, 0) is 6.18 Å². The molecule has 0 fully saturated rings. The van der Waals surface area contributed by atoms with Crippen LogP contribution in [0, 0.1) is 13.8 Å². The Bertz CT molecular complexity index is 615. The maximum absolute atomic E-state index is 12.6. The highest BCUT2D eigenvalue weighted by atomic mass is 19.4. The molecule has 2 rings (SSSR count). The molecule has 1 nitrogen and oxygen atoms in total. The molecule has 0 aromatic heterocycles. The van der Waals surface area contributed by atoms with Crippen molar-refractivity contribution in [1.29, 1.82) is 0 Å². The van der Waals surface area contributed by atoms with Crippen molar-refractivity contribution in [2.75, 3.05) is 7.05 Å². The molecule has 0 heterocycles. The van der Waals surface area contributed by atoms with Gasteiger partial charge in [-0.2, -0.15) is 13.2 Å². The van der Waals surface area contributed by atoms with Gasteiger partial charge in [-0.1, -0.05) is 35.9 Å². The fraction of sp³-hybridized carbons (Fsp3) is 0.294. The third kappa shape index (κ3) is 3.45. The highest BCUT2D eigenvalue weighted by molar-refractivity contribution is 5.39. The van der Waals surface area contributed by atoms with Crippen LogP contribution in [0.4, 0.5) is 13.2 Å². The van der Waals surface area contributed by atoms with Crippen LogP contribution >= 0.6 is 0 Å². The summed E-state index contributed by atoms with van der Waals surface area (Å²) in [4.78, 5) is 0. The molecule has 1 N–H and O–H groups in total. The quantitative estimate of drug-likeness (QED) is 0.870. The Morgan fingerprint density at radius 3 is 2.05 bits per heavy atom. The molecule has 0 radical (unpaired) electrons. The molecule has 0 amide bonds. The van der Waals surface area contributed by atoms with Gasteiger partial charge in [-0.3, -0.25) is 0 Å². The molecule has 0 saturated carbocycles. The van der Waals surface area contributed by atoms with Crippen molar-refractivity contribution in [2.45, 2.75) is 26.1 Å². The van der Waals surface area contributed by atoms with E-state index in [9.17, 15) is 13.2 Å². The van der Waals surface area contributed by atoms with E-state index in [2.05, 4.69) is 11.4 Å². The first-order valence-corrected chi connectivity index (χ1v) is 6.74. The fourth-order valence-corrected chi connectivity index (χ4v) is 2.52. The zero-order chi connectivity index (χ0) is 15.6. The Kier molecular flexibility index (Phi) is 4.37. The number of halogens is 3. The molecule has 2 aromatic rings. The van der Waals surface area contributed by atoms with E-state index in [0.29, 0.717) is 0 Å². The molecule has 0 spiro atoms. The summed E-state index contributed by atoms with van der Waals surface area (Å²) in [5.41, 5.74) is 3.55. The smallest absolute Gasteiger partial charge is 0.309 e. The van der Waals surface area contributed by atoms with Gasteiger partial charge in [0.2, 0.25) is 0 Å². The summed E-state index contributed by atoms with van der Waals surface area (Å²) in [6.07, 6.45) is -4.30. The number of rotatable bonds is 3. The summed E-state index contributed by atoms with van der Waals surface area (Å²) in [5.74, 6) is 0. The Morgan fingerprint density at radius 1 is 0.952 bits per heavy atom. The average Bonchev–Trinajstić information content (AvgIpc) is 2.41. The lowest BCUT2D eigenvalue weighted by Crippen LogP contribution is -2.19. The van der Waals surface area contributed by atoms with E-state index in [-0.39, 0.29) is 6.04 Å². The number of hydrogen-bond donors (Lipinski definition) is 1. The largest absolute Gasteiger partial charge is 0.416 e. The second-order valence-corrected chi connectivity index (χ2v) is 5.20. The summed E-state index contributed by atoms with van der Waals surface area (Å²) in [5, 5.41) is 3.17. The van der Waals surface area contributed by atoms with Crippen LogP contribution in [0.1, 0.15) is 33.9 Å². The van der Waals surface area contributed by atoms with E-state index >= 15 is 0 Å². The molecule has 0 saturated heterocycles. The lowest BCUT2D eigenvalue weighted by Gasteiger charge is -2.20. The lowest BCUT2D eigenvalue weighted by atomic mass is 9.93. The van der Waals surface area contributed by atoms with Crippen molar-refractivity contribution in [1.82, 2.24) is 5.32 Å². The van der Waals surface area contributed by atoms with Crippen LogP contribution in [-0.4, -0.2) is 7.05 Å². The van der Waals surface area contributed by atoms with E-state index in [1.165, 1.54) is 17.7 Å². The molecule has 0 aliphatic heterocycles. The van der Waals surface area contributed by atoms with Gasteiger partial charge in [-0.05, 0) is 49.7 Å². The summed E-state index contributed by atoms with van der Waals surface area (Å²) < 4.78 is 37.9. The third-order valence-electron chi connectivity index (χ3n) is 3.60. The summed E-state index contributed by atoms with van der Waals surface area (Å²) >= 11 is 0. The number of benzene rings is 2. The van der Waals surface area contributed by atoms with E-state index in [1.54, 1.807) is 0 Å². The summed E-state index contributed by atoms with van der Waals surface area (Å²) in [6.45, 7) is 4.03. The Morgan fingerprint density at radius 2 is 1.57 bits per heavy atom. The predicted octanol–water partition coefficient (Wildman–Crippen LogP) is 4.63. The molecule has 112 valence electrons. The van der Waals surface area contributed by atoms with Gasteiger partial charge in [0.05, 0.1) is 11.6 Å². The molecular formula is C17H18F3N. The minimum atomic E-state index is -4.30. The maximum atomic E-state index is 12.6. The zero-order valence-corrected chi connectivity index (χ0v) is 12.3. The SMILES string of the molecule is CNC(c1ccc(C(F)(F)F)cc1)c1ccc(C)cc1C. The molecule has 0 bridgehead atoms. The topological polar surface area (TPSA) is 12.0 Å². The molecule has 21 heavy (non-hydrogen) atoms. The zero-order valence-electron chi connectivity index (χ0n) is 12.3. The van der Waals surface area contributed by atoms with Crippen LogP contribution in [0.2, 0.25) is 0 Å². The van der Waals surface area contributed by atoms with Crippen LogP contribution < -0.4 is 5.32 Å². The van der Waals surface area contributed by atoms with Crippen molar-refractivity contribution in [3.05, 3.63) is 70.3 Å². The Hall–Kier alpha value is -1.81. The number of hydrogen-bond acceptors (Lipinski definition) is 1. The fourth-order valence-electron chi connectivity index (χ4n) is 2.52. The van der Waals surface area contributed by atoms with Crippen LogP contribution in [0.25, 0.3) is 0 Å². The highest BCUT2D eigenvalue weighted by Crippen LogP contribution is 2.31. The first kappa shape index (κ1) is 15.6. The van der Waals surface area contributed by atoms with Crippen LogP contribution in [0.5, 0.6) is 0 Å². The second kappa shape index (κ2) is 5.90. The van der Waals surface area contributed by atoms with E-state index < -0.39 is 11.7 Å². The molecule has 4 heteroatoms. The number of aryl methyl sites for hydroxylation is 2. The summed E-state index contributed by atoms with van der Waals surface area (Å²) in [6, 6.07) is 11.3. The molecule has 0 aliphatic carbocycles. The molecule has 1 atom stereocenters. The molecular weight excluding hydrogens is 275 g/mol. The van der Waals surface area contributed by atoms with Crippen molar-refractivity contribution >= 4 is 0 Å². The van der Waals surface area contributed by atoms with Gasteiger partial charge < -0.3 is 5.32 Å². The van der Waals surface area contributed by atoms with E-state index in [1.807, 2.05) is 33.0 Å². The lowest BCUT2D eigenvalue weighted by molar-refractivity contribution is -0.137. The third-order valence-corrected chi connectivity index (χ3v) is 3.60. The Labute approximate surface area is 122 Å². The van der Waals surface area contributed by atoms with Crippen molar-refractivity contribution in [3.8, 4) is 0 Å². The normalized spacial score (nSPS) is 13.2. The monoisotopic (exact) mass is 293 g/mol. The van der Waals surface area contributed by atoms with Crippen molar-refractivity contribution in [3.63, 3.8) is 0 Å². The van der Waals surface area contributed by atoms with Crippen molar-refractivity contribution in [2.24, 2.45) is 0 Å². The van der Waals surface area contributed by atoms with Crippen molar-refractivity contribution < 1.29 is 13.2 Å². The van der Waals surface area contributed by atoms with E-state index in [0.717, 1.165) is 28.8 Å². The van der Waals surface area contributed by atoms with E-state index in [4.69, 9.17) is 0 Å². The first-order chi connectivity index (χ1) is 9.82. The van der Waals surface area contributed by atoms with Gasteiger partial charge in [0.1, 0.15) is 0 Å². The van der Waals surface area contributed by atoms with Crippen LogP contribution in [0.3, 0.4) is 0 Å². The average molecular weight is 293 g/mol. The Balaban J connectivity index is 2.37. The number of alkyl halides is 3. The second-order valence-electron chi connectivity index (χ2n) is 5.20. The number of nitrogens with one attached hydrogen (secondary N) is 1. The highest BCUT2D eigenvalue weighted by Gasteiger charge is 2.30. The summed E-state index contributed by atoms with van der Waals surface area (Å²) in [7, 11) is 1.81. The first-order valence-electron chi connectivity index (χ1n) is 6.74. The standard InChI is InChI=1S/C17H18F3N/c1-11-4-9-15(12(2)10-11)16(21-3)13-5-7-14(8-6-13)17(18,19)20/h4-10,16,21H,1-3H3. The van der Waals surface area contributed by atoms with Gasteiger partial charge in [0, 0.05) is 0 Å². The van der Waals surface area contributed by atoms with Gasteiger partial charge in [0.25, 0.3) is 0 Å². The maximum Gasteiger partial charge on any atom is 0.416 e. The van der Waals surface area contributed by atoms with Gasteiger partial charge in [0.15, 0.2) is 0 Å². The minimum Gasteiger partial charge on any atom is -0.309 e. The van der Waals surface area contributed by atoms with Gasteiger partial charge >= 0.3 is 6.18 Å². The molecule has 0 aliphatic rings. The van der Waals surface area contributed by atoms with Crippen LogP contribution in [0.15, 0.2) is 42.5 Å².